The molecule has 1 N–H and O–H groups in total. The van der Waals surface area contributed by atoms with Crippen molar-refractivity contribution in [3.8, 4) is 0 Å². The molecular weight excluding hydrogens is 260 g/mol. The highest BCUT2D eigenvalue weighted by atomic mass is 35.5. The van der Waals surface area contributed by atoms with Crippen LogP contribution in [0.5, 0.6) is 0 Å². The number of nitrogens with zero attached hydrogens (tertiary/aromatic N) is 3. The van der Waals surface area contributed by atoms with Crippen LogP contribution in [0, 0.1) is 0 Å². The van der Waals surface area contributed by atoms with Crippen molar-refractivity contribution in [2.45, 2.75) is 18.9 Å². The van der Waals surface area contributed by atoms with Crippen LogP contribution in [0.15, 0.2) is 24.3 Å². The molecule has 1 aromatic carbocycles. The van der Waals surface area contributed by atoms with E-state index in [1.54, 1.807) is 0 Å². The van der Waals surface area contributed by atoms with Crippen molar-refractivity contribution in [2.24, 2.45) is 0 Å². The molecule has 19 heavy (non-hydrogen) atoms. The molecule has 100 valence electrons. The van der Waals surface area contributed by atoms with E-state index < -0.39 is 0 Å². The van der Waals surface area contributed by atoms with E-state index in [1.165, 1.54) is 6.42 Å². The van der Waals surface area contributed by atoms with Gasteiger partial charge in [0.1, 0.15) is 0 Å². The maximum atomic E-state index is 6.28. The van der Waals surface area contributed by atoms with Gasteiger partial charge in [0.2, 0.25) is 0 Å². The first-order valence-electron chi connectivity index (χ1n) is 6.61. The first kappa shape index (κ1) is 12.6. The Kier molecular flexibility index (Phi) is 3.53. The van der Waals surface area contributed by atoms with Gasteiger partial charge in [0, 0.05) is 19.6 Å². The maximum Gasteiger partial charge on any atom is 0.172 e. The van der Waals surface area contributed by atoms with E-state index in [0.29, 0.717) is 11.2 Å². The molecule has 4 nitrogen and oxygen atoms in total. The van der Waals surface area contributed by atoms with Crippen LogP contribution >= 0.6 is 11.6 Å². The van der Waals surface area contributed by atoms with Crippen LogP contribution in [0.4, 0.5) is 5.82 Å². The molecule has 0 amide bonds. The number of para-hydroxylation sites is 2. The summed E-state index contributed by atoms with van der Waals surface area (Å²) < 4.78 is 0. The van der Waals surface area contributed by atoms with Gasteiger partial charge in [-0.2, -0.15) is 0 Å². The predicted octanol–water partition coefficient (Wildman–Crippen LogP) is 2.47. The average molecular weight is 277 g/mol. The molecule has 0 aliphatic carbocycles. The summed E-state index contributed by atoms with van der Waals surface area (Å²) in [7, 11) is 2.04. The number of halogens is 1. The second-order valence-corrected chi connectivity index (χ2v) is 5.30. The number of aromatic nitrogens is 2. The summed E-state index contributed by atoms with van der Waals surface area (Å²) in [5, 5.41) is 3.89. The number of piperidine rings is 1. The van der Waals surface area contributed by atoms with E-state index in [0.717, 1.165) is 36.4 Å². The lowest BCUT2D eigenvalue weighted by atomic mass is 10.1. The van der Waals surface area contributed by atoms with Crippen molar-refractivity contribution < 1.29 is 0 Å². The maximum absolute atomic E-state index is 6.28. The van der Waals surface area contributed by atoms with Gasteiger partial charge in [-0.3, -0.25) is 0 Å². The smallest absolute Gasteiger partial charge is 0.172 e. The minimum Gasteiger partial charge on any atom is -0.353 e. The summed E-state index contributed by atoms with van der Waals surface area (Å²) in [6.07, 6.45) is 2.35. The SMILES string of the molecule is CN(c1nc2ccccc2nc1Cl)[C@@H]1CCCNC1. The Bertz CT molecular complexity index is 581. The molecule has 5 heteroatoms. The number of rotatable bonds is 2. The van der Waals surface area contributed by atoms with E-state index in [1.807, 2.05) is 31.3 Å². The predicted molar refractivity (Wildman–Crippen MR) is 78.8 cm³/mol. The van der Waals surface area contributed by atoms with Gasteiger partial charge in [-0.15, -0.1) is 0 Å². The Morgan fingerprint density at radius 1 is 1.26 bits per heavy atom. The number of nitrogens with one attached hydrogen (secondary N) is 1. The molecule has 1 fully saturated rings. The van der Waals surface area contributed by atoms with Crippen LogP contribution in [0.25, 0.3) is 11.0 Å². The van der Waals surface area contributed by atoms with E-state index in [4.69, 9.17) is 11.6 Å². The summed E-state index contributed by atoms with van der Waals surface area (Å²) in [5.74, 6) is 0.772. The zero-order chi connectivity index (χ0) is 13.2. The molecular formula is C14H17ClN4. The number of fused-ring (bicyclic) bond motifs is 1. The highest BCUT2D eigenvalue weighted by molar-refractivity contribution is 6.32. The molecule has 1 aromatic heterocycles. The van der Waals surface area contributed by atoms with Crippen molar-refractivity contribution >= 4 is 28.5 Å². The Morgan fingerprint density at radius 3 is 2.68 bits per heavy atom. The van der Waals surface area contributed by atoms with Crippen LogP contribution in [-0.2, 0) is 0 Å². The Labute approximate surface area is 117 Å². The van der Waals surface area contributed by atoms with Gasteiger partial charge in [0.15, 0.2) is 11.0 Å². The highest BCUT2D eigenvalue weighted by Gasteiger charge is 2.21. The van der Waals surface area contributed by atoms with Crippen molar-refractivity contribution in [1.29, 1.82) is 0 Å². The largest absolute Gasteiger partial charge is 0.353 e. The van der Waals surface area contributed by atoms with E-state index >= 15 is 0 Å². The van der Waals surface area contributed by atoms with Gasteiger partial charge in [-0.05, 0) is 31.5 Å². The van der Waals surface area contributed by atoms with Crippen LogP contribution in [0.3, 0.4) is 0 Å². The van der Waals surface area contributed by atoms with Crippen molar-refractivity contribution in [3.05, 3.63) is 29.4 Å². The fourth-order valence-electron chi connectivity index (χ4n) is 2.53. The summed E-state index contributed by atoms with van der Waals surface area (Å²) in [5.41, 5.74) is 1.73. The Balaban J connectivity index is 1.96. The minimum atomic E-state index is 0.432. The zero-order valence-corrected chi connectivity index (χ0v) is 11.7. The second kappa shape index (κ2) is 5.31. The molecule has 2 aromatic rings. The molecule has 1 aliphatic rings. The fourth-order valence-corrected chi connectivity index (χ4v) is 2.80. The Morgan fingerprint density at radius 2 is 2.00 bits per heavy atom. The van der Waals surface area contributed by atoms with Crippen LogP contribution in [0.1, 0.15) is 12.8 Å². The monoisotopic (exact) mass is 276 g/mol. The fraction of sp³-hybridized carbons (Fsp3) is 0.429. The van der Waals surface area contributed by atoms with Gasteiger partial charge < -0.3 is 10.2 Å². The number of hydrogen-bond acceptors (Lipinski definition) is 4. The standard InChI is InChI=1S/C14H17ClN4/c1-19(10-5-4-8-16-9-10)14-13(15)17-11-6-2-3-7-12(11)18-14/h2-3,6-7,10,16H,4-5,8-9H2,1H3/t10-/m1/s1. The molecule has 0 spiro atoms. The minimum absolute atomic E-state index is 0.432. The van der Waals surface area contributed by atoms with Crippen molar-refractivity contribution in [1.82, 2.24) is 15.3 Å². The van der Waals surface area contributed by atoms with Crippen molar-refractivity contribution in [2.75, 3.05) is 25.0 Å². The number of likely N-dealkylation sites (N-methyl/N-ethyl adjacent to an activating group) is 1. The molecule has 0 radical (unpaired) electrons. The van der Waals surface area contributed by atoms with Crippen LogP contribution in [0.2, 0.25) is 5.15 Å². The topological polar surface area (TPSA) is 41.1 Å². The van der Waals surface area contributed by atoms with Crippen LogP contribution in [-0.4, -0.2) is 36.1 Å². The van der Waals surface area contributed by atoms with E-state index in [2.05, 4.69) is 20.2 Å². The normalized spacial score (nSPS) is 19.6. The number of anilines is 1. The molecule has 0 saturated carbocycles. The summed E-state index contributed by atoms with van der Waals surface area (Å²) in [4.78, 5) is 11.2. The van der Waals surface area contributed by atoms with Gasteiger partial charge in [0.25, 0.3) is 0 Å². The van der Waals surface area contributed by atoms with Gasteiger partial charge in [-0.1, -0.05) is 23.7 Å². The third kappa shape index (κ3) is 2.51. The molecule has 0 unspecified atom stereocenters. The lowest BCUT2D eigenvalue weighted by Crippen LogP contribution is -2.44. The highest BCUT2D eigenvalue weighted by Crippen LogP contribution is 2.26. The first-order chi connectivity index (χ1) is 9.25. The summed E-state index contributed by atoms with van der Waals surface area (Å²) in [6.45, 7) is 2.07. The summed E-state index contributed by atoms with van der Waals surface area (Å²) in [6, 6.07) is 8.25. The second-order valence-electron chi connectivity index (χ2n) is 4.94. The van der Waals surface area contributed by atoms with Gasteiger partial charge in [0.05, 0.1) is 11.0 Å². The Hall–Kier alpha value is -1.39. The first-order valence-corrected chi connectivity index (χ1v) is 6.99. The zero-order valence-electron chi connectivity index (χ0n) is 10.9. The van der Waals surface area contributed by atoms with Gasteiger partial charge >= 0.3 is 0 Å². The van der Waals surface area contributed by atoms with Gasteiger partial charge in [-0.25, -0.2) is 9.97 Å². The molecule has 3 rings (SSSR count). The third-order valence-corrected chi connectivity index (χ3v) is 3.92. The quantitative estimate of drug-likeness (QED) is 0.915. The molecule has 1 atom stereocenters. The summed E-state index contributed by atoms with van der Waals surface area (Å²) >= 11 is 6.28. The lowest BCUT2D eigenvalue weighted by Gasteiger charge is -2.32. The molecule has 0 bridgehead atoms. The van der Waals surface area contributed by atoms with Crippen LogP contribution < -0.4 is 10.2 Å². The molecule has 1 aliphatic heterocycles. The molecule has 2 heterocycles. The molecule has 1 saturated heterocycles. The number of hydrogen-bond donors (Lipinski definition) is 1. The lowest BCUT2D eigenvalue weighted by molar-refractivity contribution is 0.443. The third-order valence-electron chi connectivity index (χ3n) is 3.66. The van der Waals surface area contributed by atoms with Crippen molar-refractivity contribution in [3.63, 3.8) is 0 Å². The van der Waals surface area contributed by atoms with E-state index in [-0.39, 0.29) is 0 Å². The number of benzene rings is 1. The average Bonchev–Trinajstić information content (AvgIpc) is 2.47. The van der Waals surface area contributed by atoms with E-state index in [9.17, 15) is 0 Å².